The Morgan fingerprint density at radius 3 is 2.62 bits per heavy atom. The van der Waals surface area contributed by atoms with E-state index in [1.165, 1.54) is 0 Å². The zero-order valence-electron chi connectivity index (χ0n) is 16.8. The molecular formula is C22H25N3O4. The lowest BCUT2D eigenvalue weighted by molar-refractivity contribution is -0.122. The predicted octanol–water partition coefficient (Wildman–Crippen LogP) is 2.83. The Morgan fingerprint density at radius 1 is 1.14 bits per heavy atom. The average Bonchev–Trinajstić information content (AvgIpc) is 3.09. The summed E-state index contributed by atoms with van der Waals surface area (Å²) >= 11 is 0. The maximum atomic E-state index is 12.8. The Hall–Kier alpha value is -3.35. The van der Waals surface area contributed by atoms with Gasteiger partial charge in [-0.2, -0.15) is 0 Å². The Labute approximate surface area is 170 Å². The molecule has 1 atom stereocenters. The van der Waals surface area contributed by atoms with Gasteiger partial charge in [-0.1, -0.05) is 18.2 Å². The number of carbonyl (C=O) groups excluding carboxylic acids is 3. The van der Waals surface area contributed by atoms with Crippen LogP contribution in [0, 0.1) is 5.92 Å². The first-order chi connectivity index (χ1) is 13.9. The minimum Gasteiger partial charge on any atom is -0.497 e. The van der Waals surface area contributed by atoms with Gasteiger partial charge in [0.05, 0.1) is 24.3 Å². The van der Waals surface area contributed by atoms with Crippen molar-refractivity contribution >= 4 is 29.1 Å². The van der Waals surface area contributed by atoms with Gasteiger partial charge < -0.3 is 20.3 Å². The van der Waals surface area contributed by atoms with E-state index in [0.29, 0.717) is 22.7 Å². The lowest BCUT2D eigenvalue weighted by Crippen LogP contribution is -2.32. The van der Waals surface area contributed by atoms with Gasteiger partial charge in [0.25, 0.3) is 5.91 Å². The van der Waals surface area contributed by atoms with Crippen LogP contribution in [0.1, 0.15) is 30.6 Å². The van der Waals surface area contributed by atoms with Gasteiger partial charge in [-0.3, -0.25) is 14.4 Å². The second kappa shape index (κ2) is 8.77. The van der Waals surface area contributed by atoms with E-state index in [9.17, 15) is 14.4 Å². The number of hydrogen-bond acceptors (Lipinski definition) is 4. The summed E-state index contributed by atoms with van der Waals surface area (Å²) in [5.41, 5.74) is 1.52. The molecule has 3 amide bonds. The standard InChI is InChI=1S/C22H25N3O4/c1-14(2)23-22(28)18-9-4-5-10-19(18)24-21(27)15-11-20(26)25(13-15)16-7-6-8-17(12-16)29-3/h4-10,12,14-15H,11,13H2,1-3H3,(H,23,28)(H,24,27)/t15-/m1/s1. The third kappa shape index (κ3) is 4.74. The molecule has 1 aliphatic rings. The van der Waals surface area contributed by atoms with Crippen LogP contribution < -0.4 is 20.3 Å². The van der Waals surface area contributed by atoms with Crippen molar-refractivity contribution in [2.24, 2.45) is 5.92 Å². The Bertz CT molecular complexity index is 926. The Morgan fingerprint density at radius 2 is 1.90 bits per heavy atom. The Balaban J connectivity index is 1.72. The van der Waals surface area contributed by atoms with Gasteiger partial charge in [0.15, 0.2) is 0 Å². The van der Waals surface area contributed by atoms with Crippen LogP contribution in [-0.4, -0.2) is 37.4 Å². The first-order valence-electron chi connectivity index (χ1n) is 9.54. The molecule has 2 aromatic rings. The van der Waals surface area contributed by atoms with Crippen LogP contribution in [0.4, 0.5) is 11.4 Å². The van der Waals surface area contributed by atoms with Crippen LogP contribution in [-0.2, 0) is 9.59 Å². The number of amides is 3. The molecule has 7 heteroatoms. The van der Waals surface area contributed by atoms with Crippen molar-refractivity contribution in [1.82, 2.24) is 5.32 Å². The van der Waals surface area contributed by atoms with Crippen molar-refractivity contribution in [3.63, 3.8) is 0 Å². The highest BCUT2D eigenvalue weighted by molar-refractivity contribution is 6.07. The van der Waals surface area contributed by atoms with E-state index in [0.717, 1.165) is 0 Å². The van der Waals surface area contributed by atoms with Crippen LogP contribution in [0.15, 0.2) is 48.5 Å². The number of rotatable bonds is 6. The number of ether oxygens (including phenoxy) is 1. The maximum absolute atomic E-state index is 12.8. The smallest absolute Gasteiger partial charge is 0.253 e. The third-order valence-corrected chi connectivity index (χ3v) is 4.71. The van der Waals surface area contributed by atoms with Crippen LogP contribution >= 0.6 is 0 Å². The molecule has 1 heterocycles. The SMILES string of the molecule is COc1cccc(N2C[C@H](C(=O)Nc3ccccc3C(=O)NC(C)C)CC2=O)c1. The van der Waals surface area contributed by atoms with Crippen molar-refractivity contribution in [3.8, 4) is 5.75 Å². The minimum atomic E-state index is -0.505. The molecule has 0 radical (unpaired) electrons. The summed E-state index contributed by atoms with van der Waals surface area (Å²) in [6, 6.07) is 14.0. The number of benzene rings is 2. The molecule has 0 aromatic heterocycles. The molecule has 2 aromatic carbocycles. The van der Waals surface area contributed by atoms with E-state index in [1.807, 2.05) is 19.9 Å². The molecule has 152 valence electrons. The number of hydrogen-bond donors (Lipinski definition) is 2. The summed E-state index contributed by atoms with van der Waals surface area (Å²) in [5.74, 6) is -0.516. The number of nitrogens with one attached hydrogen (secondary N) is 2. The van der Waals surface area contributed by atoms with E-state index < -0.39 is 5.92 Å². The van der Waals surface area contributed by atoms with Gasteiger partial charge in [0.2, 0.25) is 11.8 Å². The second-order valence-electron chi connectivity index (χ2n) is 7.27. The van der Waals surface area contributed by atoms with Crippen molar-refractivity contribution in [1.29, 1.82) is 0 Å². The second-order valence-corrected chi connectivity index (χ2v) is 7.27. The monoisotopic (exact) mass is 395 g/mol. The zero-order valence-corrected chi connectivity index (χ0v) is 16.8. The molecule has 1 fully saturated rings. The molecule has 0 bridgehead atoms. The largest absolute Gasteiger partial charge is 0.497 e. The van der Waals surface area contributed by atoms with E-state index in [2.05, 4.69) is 10.6 Å². The highest BCUT2D eigenvalue weighted by Crippen LogP contribution is 2.29. The van der Waals surface area contributed by atoms with Crippen LogP contribution in [0.3, 0.4) is 0 Å². The van der Waals surface area contributed by atoms with Crippen molar-refractivity contribution in [2.45, 2.75) is 26.3 Å². The molecule has 2 N–H and O–H groups in total. The number of anilines is 2. The first-order valence-corrected chi connectivity index (χ1v) is 9.54. The minimum absolute atomic E-state index is 0.0184. The number of para-hydroxylation sites is 1. The van der Waals surface area contributed by atoms with Crippen molar-refractivity contribution in [2.75, 3.05) is 23.9 Å². The average molecular weight is 395 g/mol. The summed E-state index contributed by atoms with van der Waals surface area (Å²) in [7, 11) is 1.56. The molecule has 3 rings (SSSR count). The van der Waals surface area contributed by atoms with Gasteiger partial charge in [-0.05, 0) is 38.1 Å². The topological polar surface area (TPSA) is 87.7 Å². The summed E-state index contributed by atoms with van der Waals surface area (Å²) in [5, 5.41) is 5.64. The van der Waals surface area contributed by atoms with Crippen molar-refractivity contribution in [3.05, 3.63) is 54.1 Å². The zero-order chi connectivity index (χ0) is 21.0. The summed E-state index contributed by atoms with van der Waals surface area (Å²) in [4.78, 5) is 39.3. The highest BCUT2D eigenvalue weighted by atomic mass is 16.5. The van der Waals surface area contributed by atoms with Gasteiger partial charge >= 0.3 is 0 Å². The number of nitrogens with zero attached hydrogens (tertiary/aromatic N) is 1. The lowest BCUT2D eigenvalue weighted by atomic mass is 10.1. The summed E-state index contributed by atoms with van der Waals surface area (Å²) in [6.45, 7) is 4.02. The van der Waals surface area contributed by atoms with Crippen LogP contribution in [0.25, 0.3) is 0 Å². The van der Waals surface area contributed by atoms with Gasteiger partial charge in [-0.25, -0.2) is 0 Å². The molecule has 0 saturated carbocycles. The van der Waals surface area contributed by atoms with Gasteiger partial charge in [-0.15, -0.1) is 0 Å². The van der Waals surface area contributed by atoms with Crippen LogP contribution in [0.5, 0.6) is 5.75 Å². The van der Waals surface area contributed by atoms with Crippen LogP contribution in [0.2, 0.25) is 0 Å². The van der Waals surface area contributed by atoms with E-state index in [4.69, 9.17) is 4.74 Å². The fourth-order valence-corrected chi connectivity index (χ4v) is 3.28. The first kappa shape index (κ1) is 20.4. The van der Waals surface area contributed by atoms with Gasteiger partial charge in [0.1, 0.15) is 5.75 Å². The summed E-state index contributed by atoms with van der Waals surface area (Å²) in [6.07, 6.45) is 0.114. The molecule has 1 saturated heterocycles. The summed E-state index contributed by atoms with van der Waals surface area (Å²) < 4.78 is 5.21. The molecule has 0 unspecified atom stereocenters. The molecule has 0 spiro atoms. The fraction of sp³-hybridized carbons (Fsp3) is 0.318. The van der Waals surface area contributed by atoms with E-state index in [1.54, 1.807) is 54.5 Å². The van der Waals surface area contributed by atoms with E-state index >= 15 is 0 Å². The molecule has 29 heavy (non-hydrogen) atoms. The highest BCUT2D eigenvalue weighted by Gasteiger charge is 2.35. The lowest BCUT2D eigenvalue weighted by Gasteiger charge is -2.18. The molecule has 0 aliphatic carbocycles. The quantitative estimate of drug-likeness (QED) is 0.787. The van der Waals surface area contributed by atoms with E-state index in [-0.39, 0.29) is 36.7 Å². The molecular weight excluding hydrogens is 370 g/mol. The van der Waals surface area contributed by atoms with Gasteiger partial charge in [0, 0.05) is 30.8 Å². The number of carbonyl (C=O) groups is 3. The fourth-order valence-electron chi connectivity index (χ4n) is 3.28. The molecule has 7 nitrogen and oxygen atoms in total. The normalized spacial score (nSPS) is 16.1. The maximum Gasteiger partial charge on any atom is 0.253 e. The third-order valence-electron chi connectivity index (χ3n) is 4.71. The molecule has 1 aliphatic heterocycles. The Kier molecular flexibility index (Phi) is 6.16. The number of methoxy groups -OCH3 is 1. The van der Waals surface area contributed by atoms with Crippen molar-refractivity contribution < 1.29 is 19.1 Å². The predicted molar refractivity (Wildman–Crippen MR) is 111 cm³/mol.